The summed E-state index contributed by atoms with van der Waals surface area (Å²) in [5, 5.41) is 15.9. The SMILES string of the molecule is CC(C)c1cc(F)cc(C(C)C)c1-n1cc(S(=O)(=O)c2nc(C(C)(C)O)cs2)cn1. The number of rotatable bonds is 6. The van der Waals surface area contributed by atoms with E-state index < -0.39 is 15.4 Å². The van der Waals surface area contributed by atoms with Gasteiger partial charge in [0.05, 0.1) is 17.6 Å². The van der Waals surface area contributed by atoms with Crippen molar-refractivity contribution in [1.29, 1.82) is 0 Å². The standard InChI is InChI=1S/C21H26FN3O3S2/c1-12(2)16-7-14(22)8-17(13(3)4)19(16)25-10-15(9-23-25)30(27,28)20-24-18(11-29-20)21(5,6)26/h7-13,26H,1-6H3. The van der Waals surface area contributed by atoms with Crippen molar-refractivity contribution < 1.29 is 17.9 Å². The summed E-state index contributed by atoms with van der Waals surface area (Å²) in [5.41, 5.74) is 1.26. The molecule has 6 nitrogen and oxygen atoms in total. The Morgan fingerprint density at radius 1 is 1.13 bits per heavy atom. The summed E-state index contributed by atoms with van der Waals surface area (Å²) in [4.78, 5) is 4.10. The molecule has 0 aliphatic carbocycles. The van der Waals surface area contributed by atoms with Gasteiger partial charge in [0.15, 0.2) is 0 Å². The van der Waals surface area contributed by atoms with Gasteiger partial charge in [-0.25, -0.2) is 22.5 Å². The minimum atomic E-state index is -3.90. The molecule has 0 aliphatic heterocycles. The Balaban J connectivity index is 2.12. The number of hydrogen-bond acceptors (Lipinski definition) is 6. The first-order valence-corrected chi connectivity index (χ1v) is 12.0. The summed E-state index contributed by atoms with van der Waals surface area (Å²) < 4.78 is 41.7. The molecule has 0 saturated carbocycles. The molecule has 162 valence electrons. The Hall–Kier alpha value is -2.10. The molecule has 0 atom stereocenters. The van der Waals surface area contributed by atoms with Crippen LogP contribution in [0.3, 0.4) is 0 Å². The first kappa shape index (κ1) is 22.6. The fourth-order valence-corrected chi connectivity index (χ4v) is 5.61. The summed E-state index contributed by atoms with van der Waals surface area (Å²) in [6.07, 6.45) is 2.71. The second kappa shape index (κ2) is 7.86. The van der Waals surface area contributed by atoms with Gasteiger partial charge >= 0.3 is 0 Å². The van der Waals surface area contributed by atoms with Gasteiger partial charge in [-0.2, -0.15) is 5.10 Å². The average Bonchev–Trinajstić information content (AvgIpc) is 3.30. The van der Waals surface area contributed by atoms with Gasteiger partial charge in [0.2, 0.25) is 14.2 Å². The van der Waals surface area contributed by atoms with E-state index in [1.165, 1.54) is 34.6 Å². The molecule has 30 heavy (non-hydrogen) atoms. The Morgan fingerprint density at radius 3 is 2.17 bits per heavy atom. The van der Waals surface area contributed by atoms with Crippen molar-refractivity contribution >= 4 is 21.2 Å². The molecule has 0 radical (unpaired) electrons. The fraction of sp³-hybridized carbons (Fsp3) is 0.429. The monoisotopic (exact) mass is 451 g/mol. The topological polar surface area (TPSA) is 85.1 Å². The van der Waals surface area contributed by atoms with Crippen LogP contribution in [0.2, 0.25) is 0 Å². The number of halogens is 1. The lowest BCUT2D eigenvalue weighted by molar-refractivity contribution is 0.0741. The largest absolute Gasteiger partial charge is 0.384 e. The van der Waals surface area contributed by atoms with Crippen molar-refractivity contribution in [3.05, 3.63) is 52.5 Å². The molecule has 0 saturated heterocycles. The number of aromatic nitrogens is 3. The van der Waals surface area contributed by atoms with Gasteiger partial charge in [-0.3, -0.25) is 0 Å². The third-order valence-electron chi connectivity index (χ3n) is 4.82. The van der Waals surface area contributed by atoms with E-state index in [1.54, 1.807) is 13.8 Å². The van der Waals surface area contributed by atoms with Crippen LogP contribution in [0.5, 0.6) is 0 Å². The Kier molecular flexibility index (Phi) is 5.92. The van der Waals surface area contributed by atoms with Gasteiger partial charge in [0.25, 0.3) is 0 Å². The Bertz CT molecular complexity index is 1140. The highest BCUT2D eigenvalue weighted by Crippen LogP contribution is 2.33. The van der Waals surface area contributed by atoms with Crippen molar-refractivity contribution in [3.63, 3.8) is 0 Å². The lowest BCUT2D eigenvalue weighted by Crippen LogP contribution is -2.16. The number of hydrogen-bond donors (Lipinski definition) is 1. The number of benzene rings is 1. The van der Waals surface area contributed by atoms with Crippen LogP contribution >= 0.6 is 11.3 Å². The predicted molar refractivity (Wildman–Crippen MR) is 115 cm³/mol. The molecule has 0 unspecified atom stereocenters. The summed E-state index contributed by atoms with van der Waals surface area (Å²) in [5.74, 6) is -0.287. The maximum Gasteiger partial charge on any atom is 0.236 e. The second-order valence-corrected chi connectivity index (χ2v) is 11.4. The van der Waals surface area contributed by atoms with Gasteiger partial charge in [-0.15, -0.1) is 11.3 Å². The highest BCUT2D eigenvalue weighted by Gasteiger charge is 2.28. The van der Waals surface area contributed by atoms with Crippen LogP contribution in [0.25, 0.3) is 5.69 Å². The van der Waals surface area contributed by atoms with E-state index in [2.05, 4.69) is 10.1 Å². The molecule has 1 aromatic carbocycles. The van der Waals surface area contributed by atoms with E-state index in [-0.39, 0.29) is 26.9 Å². The molecule has 2 heterocycles. The van der Waals surface area contributed by atoms with Gasteiger partial charge in [0, 0.05) is 11.6 Å². The van der Waals surface area contributed by atoms with Crippen LogP contribution in [0.4, 0.5) is 4.39 Å². The van der Waals surface area contributed by atoms with Crippen molar-refractivity contribution in [2.45, 2.75) is 68.2 Å². The van der Waals surface area contributed by atoms with Crippen molar-refractivity contribution in [2.24, 2.45) is 0 Å². The maximum atomic E-state index is 14.2. The number of nitrogens with zero attached hydrogens (tertiary/aromatic N) is 3. The zero-order valence-electron chi connectivity index (χ0n) is 17.8. The minimum absolute atomic E-state index is 0.00659. The summed E-state index contributed by atoms with van der Waals surface area (Å²) in [7, 11) is -3.90. The molecule has 0 amide bonds. The van der Waals surface area contributed by atoms with Gasteiger partial charge in [-0.05, 0) is 48.9 Å². The molecular formula is C21H26FN3O3S2. The molecule has 0 fully saturated rings. The molecule has 0 bridgehead atoms. The van der Waals surface area contributed by atoms with Crippen molar-refractivity contribution in [2.75, 3.05) is 0 Å². The molecule has 1 N–H and O–H groups in total. The normalized spacial score (nSPS) is 12.9. The molecule has 0 spiro atoms. The molecule has 9 heteroatoms. The quantitative estimate of drug-likeness (QED) is 0.583. The third kappa shape index (κ3) is 4.19. The van der Waals surface area contributed by atoms with Gasteiger partial charge in [0.1, 0.15) is 16.3 Å². The van der Waals surface area contributed by atoms with E-state index in [9.17, 15) is 17.9 Å². The number of sulfone groups is 1. The fourth-order valence-electron chi connectivity index (χ4n) is 3.12. The van der Waals surface area contributed by atoms with Crippen molar-refractivity contribution in [3.8, 4) is 5.69 Å². The van der Waals surface area contributed by atoms with Crippen LogP contribution in [0, 0.1) is 5.82 Å². The van der Waals surface area contributed by atoms with E-state index in [0.29, 0.717) is 11.4 Å². The van der Waals surface area contributed by atoms with E-state index >= 15 is 0 Å². The molecular weight excluding hydrogens is 425 g/mol. The molecule has 3 rings (SSSR count). The molecule has 2 aromatic heterocycles. The zero-order chi connectivity index (χ0) is 22.4. The summed E-state index contributed by atoms with van der Waals surface area (Å²) in [6.45, 7) is 10.9. The summed E-state index contributed by atoms with van der Waals surface area (Å²) in [6, 6.07) is 2.94. The van der Waals surface area contributed by atoms with E-state index in [4.69, 9.17) is 0 Å². The smallest absolute Gasteiger partial charge is 0.236 e. The summed E-state index contributed by atoms with van der Waals surface area (Å²) >= 11 is 0.956. The van der Waals surface area contributed by atoms with Crippen molar-refractivity contribution in [1.82, 2.24) is 14.8 Å². The zero-order valence-corrected chi connectivity index (χ0v) is 19.5. The van der Waals surface area contributed by atoms with E-state index in [1.807, 2.05) is 27.7 Å². The van der Waals surface area contributed by atoms with Crippen LogP contribution in [-0.4, -0.2) is 28.3 Å². The van der Waals surface area contributed by atoms with Gasteiger partial charge < -0.3 is 5.11 Å². The Morgan fingerprint density at radius 2 is 1.70 bits per heavy atom. The minimum Gasteiger partial charge on any atom is -0.384 e. The van der Waals surface area contributed by atoms with Crippen LogP contribution in [0.15, 0.2) is 39.1 Å². The molecule has 0 aliphatic rings. The lowest BCUT2D eigenvalue weighted by atomic mass is 9.92. The molecule has 3 aromatic rings. The van der Waals surface area contributed by atoms with Crippen LogP contribution < -0.4 is 0 Å². The predicted octanol–water partition coefficient (Wildman–Crippen LogP) is 4.77. The highest BCUT2D eigenvalue weighted by molar-refractivity contribution is 7.93. The van der Waals surface area contributed by atoms with E-state index in [0.717, 1.165) is 22.5 Å². The first-order chi connectivity index (χ1) is 13.8. The van der Waals surface area contributed by atoms with Crippen LogP contribution in [0.1, 0.15) is 70.2 Å². The Labute approximate surface area is 180 Å². The first-order valence-electron chi connectivity index (χ1n) is 9.64. The lowest BCUT2D eigenvalue weighted by Gasteiger charge is -2.19. The average molecular weight is 452 g/mol. The number of aliphatic hydroxyl groups is 1. The second-order valence-electron chi connectivity index (χ2n) is 8.42. The maximum absolute atomic E-state index is 14.2. The van der Waals surface area contributed by atoms with Crippen LogP contribution in [-0.2, 0) is 15.4 Å². The third-order valence-corrected chi connectivity index (χ3v) is 7.78. The highest BCUT2D eigenvalue weighted by atomic mass is 32.2. The number of thiazole rings is 1. The van der Waals surface area contributed by atoms with Gasteiger partial charge in [-0.1, -0.05) is 27.7 Å².